The third-order valence-electron chi connectivity index (χ3n) is 3.16. The first-order valence-electron chi connectivity index (χ1n) is 5.87. The molecule has 4 nitrogen and oxygen atoms in total. The molecule has 4 heteroatoms. The molecule has 0 aromatic heterocycles. The summed E-state index contributed by atoms with van der Waals surface area (Å²) in [5, 5.41) is 2.86. The number of hydrogen-bond donors (Lipinski definition) is 2. The van der Waals surface area contributed by atoms with Crippen LogP contribution in [0.4, 0.5) is 5.69 Å². The van der Waals surface area contributed by atoms with Crippen LogP contribution < -0.4 is 11.1 Å². The largest absolute Gasteiger partial charge is 0.366 e. The van der Waals surface area contributed by atoms with Crippen LogP contribution in [-0.2, 0) is 4.79 Å². The molecule has 0 heterocycles. The van der Waals surface area contributed by atoms with E-state index in [0.717, 1.165) is 25.7 Å². The van der Waals surface area contributed by atoms with Crippen LogP contribution in [0, 0.1) is 5.92 Å². The van der Waals surface area contributed by atoms with Gasteiger partial charge in [-0.05, 0) is 37.1 Å². The Kier molecular flexibility index (Phi) is 3.42. The molecule has 90 valence electrons. The van der Waals surface area contributed by atoms with E-state index < -0.39 is 5.91 Å². The summed E-state index contributed by atoms with van der Waals surface area (Å²) in [6, 6.07) is 6.64. The van der Waals surface area contributed by atoms with Gasteiger partial charge in [-0.1, -0.05) is 12.8 Å². The lowest BCUT2D eigenvalue weighted by Crippen LogP contribution is -2.20. The van der Waals surface area contributed by atoms with Gasteiger partial charge in [0.25, 0.3) is 0 Å². The van der Waals surface area contributed by atoms with Gasteiger partial charge in [0.1, 0.15) is 0 Å². The van der Waals surface area contributed by atoms with Crippen LogP contribution in [0.5, 0.6) is 0 Å². The van der Waals surface area contributed by atoms with Crippen LogP contribution in [0.3, 0.4) is 0 Å². The van der Waals surface area contributed by atoms with Crippen molar-refractivity contribution in [3.63, 3.8) is 0 Å². The molecule has 1 saturated carbocycles. The quantitative estimate of drug-likeness (QED) is 0.835. The highest BCUT2D eigenvalue weighted by molar-refractivity contribution is 5.95. The Morgan fingerprint density at radius 1 is 1.12 bits per heavy atom. The molecular formula is C13H16N2O2. The second-order valence-electron chi connectivity index (χ2n) is 4.41. The van der Waals surface area contributed by atoms with E-state index in [2.05, 4.69) is 5.32 Å². The van der Waals surface area contributed by atoms with Gasteiger partial charge >= 0.3 is 0 Å². The SMILES string of the molecule is NC(=O)c1ccc(NC(=O)C2CCCC2)cc1. The van der Waals surface area contributed by atoms with E-state index in [1.807, 2.05) is 0 Å². The van der Waals surface area contributed by atoms with Crippen LogP contribution in [0.25, 0.3) is 0 Å². The summed E-state index contributed by atoms with van der Waals surface area (Å²) >= 11 is 0. The number of benzene rings is 1. The lowest BCUT2D eigenvalue weighted by atomic mass is 10.1. The first-order valence-corrected chi connectivity index (χ1v) is 5.87. The second-order valence-corrected chi connectivity index (χ2v) is 4.41. The predicted molar refractivity (Wildman–Crippen MR) is 65.5 cm³/mol. The maximum absolute atomic E-state index is 11.8. The van der Waals surface area contributed by atoms with Crippen molar-refractivity contribution >= 4 is 17.5 Å². The zero-order chi connectivity index (χ0) is 12.3. The monoisotopic (exact) mass is 232 g/mol. The number of carbonyl (C=O) groups is 2. The fraction of sp³-hybridized carbons (Fsp3) is 0.385. The Bertz CT molecular complexity index is 420. The summed E-state index contributed by atoms with van der Waals surface area (Å²) in [4.78, 5) is 22.7. The zero-order valence-corrected chi connectivity index (χ0v) is 9.61. The van der Waals surface area contributed by atoms with Crippen LogP contribution in [0.1, 0.15) is 36.0 Å². The van der Waals surface area contributed by atoms with Crippen LogP contribution in [0.15, 0.2) is 24.3 Å². The van der Waals surface area contributed by atoms with Gasteiger partial charge in [-0.2, -0.15) is 0 Å². The van der Waals surface area contributed by atoms with Gasteiger partial charge in [0.05, 0.1) is 0 Å². The molecule has 1 aromatic rings. The number of rotatable bonds is 3. The Labute approximate surface area is 100 Å². The summed E-state index contributed by atoms with van der Waals surface area (Å²) in [6.07, 6.45) is 4.23. The molecule has 1 aromatic carbocycles. The van der Waals surface area contributed by atoms with E-state index in [9.17, 15) is 9.59 Å². The third kappa shape index (κ3) is 2.84. The highest BCUT2D eigenvalue weighted by Crippen LogP contribution is 2.25. The summed E-state index contributed by atoms with van der Waals surface area (Å²) in [7, 11) is 0. The Morgan fingerprint density at radius 3 is 2.24 bits per heavy atom. The highest BCUT2D eigenvalue weighted by Gasteiger charge is 2.22. The average molecular weight is 232 g/mol. The van der Waals surface area contributed by atoms with Crippen molar-refractivity contribution in [2.75, 3.05) is 5.32 Å². The Hall–Kier alpha value is -1.84. The van der Waals surface area contributed by atoms with Crippen molar-refractivity contribution in [1.29, 1.82) is 0 Å². The molecule has 0 spiro atoms. The minimum Gasteiger partial charge on any atom is -0.366 e. The average Bonchev–Trinajstić information content (AvgIpc) is 2.83. The molecule has 0 aliphatic heterocycles. The lowest BCUT2D eigenvalue weighted by Gasteiger charge is -2.10. The maximum atomic E-state index is 11.8. The number of carbonyl (C=O) groups excluding carboxylic acids is 2. The van der Waals surface area contributed by atoms with E-state index in [-0.39, 0.29) is 11.8 Å². The molecule has 2 amide bonds. The molecule has 2 rings (SSSR count). The molecule has 0 bridgehead atoms. The summed E-state index contributed by atoms with van der Waals surface area (Å²) in [6.45, 7) is 0. The molecular weight excluding hydrogens is 216 g/mol. The number of hydrogen-bond acceptors (Lipinski definition) is 2. The van der Waals surface area contributed by atoms with Gasteiger partial charge in [0.2, 0.25) is 11.8 Å². The number of primary amides is 1. The Morgan fingerprint density at radius 2 is 1.71 bits per heavy atom. The van der Waals surface area contributed by atoms with E-state index >= 15 is 0 Å². The number of nitrogens with one attached hydrogen (secondary N) is 1. The van der Waals surface area contributed by atoms with Gasteiger partial charge in [-0.3, -0.25) is 9.59 Å². The van der Waals surface area contributed by atoms with E-state index in [1.165, 1.54) is 0 Å². The normalized spacial score (nSPS) is 15.8. The summed E-state index contributed by atoms with van der Waals surface area (Å²) in [5.41, 5.74) is 6.30. The highest BCUT2D eigenvalue weighted by atomic mass is 16.2. The van der Waals surface area contributed by atoms with Gasteiger partial charge in [0, 0.05) is 17.2 Å². The predicted octanol–water partition coefficient (Wildman–Crippen LogP) is 1.91. The molecule has 0 atom stereocenters. The first kappa shape index (κ1) is 11.6. The topological polar surface area (TPSA) is 72.2 Å². The minimum absolute atomic E-state index is 0.0781. The second kappa shape index (κ2) is 4.99. The summed E-state index contributed by atoms with van der Waals surface area (Å²) in [5.74, 6) is -0.237. The zero-order valence-electron chi connectivity index (χ0n) is 9.61. The standard InChI is InChI=1S/C13H16N2O2/c14-12(16)9-5-7-11(8-6-9)15-13(17)10-3-1-2-4-10/h5-8,10H,1-4H2,(H2,14,16)(H,15,17). The molecule has 1 aliphatic rings. The van der Waals surface area contributed by atoms with Crippen molar-refractivity contribution in [1.82, 2.24) is 0 Å². The molecule has 3 N–H and O–H groups in total. The fourth-order valence-electron chi connectivity index (χ4n) is 2.15. The van der Waals surface area contributed by atoms with Crippen LogP contribution in [-0.4, -0.2) is 11.8 Å². The van der Waals surface area contributed by atoms with Gasteiger partial charge in [0.15, 0.2) is 0 Å². The fourth-order valence-corrected chi connectivity index (χ4v) is 2.15. The van der Waals surface area contributed by atoms with E-state index in [0.29, 0.717) is 11.3 Å². The lowest BCUT2D eigenvalue weighted by molar-refractivity contribution is -0.119. The van der Waals surface area contributed by atoms with Crippen molar-refractivity contribution in [2.45, 2.75) is 25.7 Å². The molecule has 0 radical (unpaired) electrons. The molecule has 17 heavy (non-hydrogen) atoms. The molecule has 1 fully saturated rings. The maximum Gasteiger partial charge on any atom is 0.248 e. The van der Waals surface area contributed by atoms with Gasteiger partial charge in [-0.25, -0.2) is 0 Å². The van der Waals surface area contributed by atoms with Crippen molar-refractivity contribution in [3.05, 3.63) is 29.8 Å². The number of nitrogens with two attached hydrogens (primary N) is 1. The van der Waals surface area contributed by atoms with Crippen molar-refractivity contribution in [3.8, 4) is 0 Å². The van der Waals surface area contributed by atoms with Gasteiger partial charge in [-0.15, -0.1) is 0 Å². The van der Waals surface area contributed by atoms with Crippen LogP contribution in [0.2, 0.25) is 0 Å². The minimum atomic E-state index is -0.460. The van der Waals surface area contributed by atoms with Crippen molar-refractivity contribution in [2.24, 2.45) is 11.7 Å². The van der Waals surface area contributed by atoms with Crippen LogP contribution >= 0.6 is 0 Å². The summed E-state index contributed by atoms with van der Waals surface area (Å²) < 4.78 is 0. The molecule has 0 unspecified atom stereocenters. The Balaban J connectivity index is 1.98. The van der Waals surface area contributed by atoms with Gasteiger partial charge < -0.3 is 11.1 Å². The number of amides is 2. The molecule has 0 saturated heterocycles. The van der Waals surface area contributed by atoms with E-state index in [1.54, 1.807) is 24.3 Å². The first-order chi connectivity index (χ1) is 8.16. The number of anilines is 1. The smallest absolute Gasteiger partial charge is 0.248 e. The third-order valence-corrected chi connectivity index (χ3v) is 3.16. The van der Waals surface area contributed by atoms with Crippen molar-refractivity contribution < 1.29 is 9.59 Å². The van der Waals surface area contributed by atoms with E-state index in [4.69, 9.17) is 5.73 Å². The molecule has 1 aliphatic carbocycles.